The second-order valence-electron chi connectivity index (χ2n) is 8.22. The van der Waals surface area contributed by atoms with Gasteiger partial charge in [-0.3, -0.25) is 10.4 Å². The molecular formula is C21H26N2O2S. The van der Waals surface area contributed by atoms with Crippen molar-refractivity contribution < 1.29 is 8.42 Å². The van der Waals surface area contributed by atoms with E-state index in [0.29, 0.717) is 10.8 Å². The summed E-state index contributed by atoms with van der Waals surface area (Å²) >= 11 is 0. The van der Waals surface area contributed by atoms with Crippen molar-refractivity contribution in [3.63, 3.8) is 0 Å². The lowest BCUT2D eigenvalue weighted by Crippen LogP contribution is -2.18. The van der Waals surface area contributed by atoms with Crippen molar-refractivity contribution in [3.8, 4) is 0 Å². The van der Waals surface area contributed by atoms with Crippen LogP contribution in [0.2, 0.25) is 0 Å². The van der Waals surface area contributed by atoms with Crippen LogP contribution in [0.5, 0.6) is 0 Å². The van der Waals surface area contributed by atoms with Crippen LogP contribution in [-0.2, 0) is 22.7 Å². The predicted octanol–water partition coefficient (Wildman–Crippen LogP) is 4.71. The Morgan fingerprint density at radius 2 is 1.96 bits per heavy atom. The van der Waals surface area contributed by atoms with E-state index in [1.165, 1.54) is 0 Å². The SMILES string of the molecule is Cc1nc(C2CC2)cc2c(S(=O)(=O)C(=N)CC(C)C)c3c(cc12)CCC3. The highest BCUT2D eigenvalue weighted by Crippen LogP contribution is 2.43. The Kier molecular flexibility index (Phi) is 4.18. The molecule has 2 aliphatic carbocycles. The number of aryl methyl sites for hydroxylation is 2. The van der Waals surface area contributed by atoms with Gasteiger partial charge in [0.1, 0.15) is 5.04 Å². The largest absolute Gasteiger partial charge is 0.293 e. The maximum absolute atomic E-state index is 13.4. The van der Waals surface area contributed by atoms with E-state index in [-0.39, 0.29) is 17.4 Å². The van der Waals surface area contributed by atoms with Gasteiger partial charge in [0.15, 0.2) is 0 Å². The summed E-state index contributed by atoms with van der Waals surface area (Å²) in [4.78, 5) is 5.16. The van der Waals surface area contributed by atoms with Gasteiger partial charge in [-0.05, 0) is 68.2 Å². The Bertz CT molecular complexity index is 1020. The fourth-order valence-corrected chi connectivity index (χ4v) is 5.91. The topological polar surface area (TPSA) is 70.9 Å². The maximum atomic E-state index is 13.4. The molecule has 1 heterocycles. The molecule has 4 nitrogen and oxygen atoms in total. The van der Waals surface area contributed by atoms with Gasteiger partial charge in [-0.1, -0.05) is 13.8 Å². The number of fused-ring (bicyclic) bond motifs is 2. The lowest BCUT2D eigenvalue weighted by molar-refractivity contribution is 0.602. The van der Waals surface area contributed by atoms with Crippen LogP contribution < -0.4 is 0 Å². The van der Waals surface area contributed by atoms with Gasteiger partial charge in [-0.2, -0.15) is 0 Å². The fraction of sp³-hybridized carbons (Fsp3) is 0.524. The van der Waals surface area contributed by atoms with E-state index < -0.39 is 9.84 Å². The number of nitrogens with zero attached hydrogens (tertiary/aromatic N) is 1. The minimum absolute atomic E-state index is 0.144. The molecule has 0 unspecified atom stereocenters. The molecule has 1 fully saturated rings. The molecule has 0 atom stereocenters. The summed E-state index contributed by atoms with van der Waals surface area (Å²) in [5.74, 6) is 0.614. The molecule has 4 rings (SSSR count). The number of nitrogens with one attached hydrogen (secondary N) is 1. The second-order valence-corrected chi connectivity index (χ2v) is 10.1. The van der Waals surface area contributed by atoms with E-state index in [2.05, 4.69) is 6.07 Å². The normalized spacial score (nSPS) is 17.1. The van der Waals surface area contributed by atoms with Crippen LogP contribution in [0.1, 0.15) is 68.0 Å². The molecule has 1 N–H and O–H groups in total. The first-order valence-electron chi connectivity index (χ1n) is 9.57. The number of pyridine rings is 1. The van der Waals surface area contributed by atoms with Gasteiger partial charge in [0.25, 0.3) is 0 Å². The van der Waals surface area contributed by atoms with Crippen LogP contribution in [0.25, 0.3) is 10.8 Å². The lowest BCUT2D eigenvalue weighted by Gasteiger charge is -2.17. The van der Waals surface area contributed by atoms with Crippen LogP contribution in [0.15, 0.2) is 17.0 Å². The Morgan fingerprint density at radius 1 is 1.23 bits per heavy atom. The smallest absolute Gasteiger partial charge is 0.220 e. The van der Waals surface area contributed by atoms with Crippen LogP contribution in [-0.4, -0.2) is 18.4 Å². The van der Waals surface area contributed by atoms with E-state index in [4.69, 9.17) is 10.4 Å². The monoisotopic (exact) mass is 370 g/mol. The number of hydrogen-bond donors (Lipinski definition) is 1. The van der Waals surface area contributed by atoms with Gasteiger partial charge in [0.05, 0.1) is 4.90 Å². The van der Waals surface area contributed by atoms with Crippen molar-refractivity contribution in [3.05, 3.63) is 34.6 Å². The third-order valence-electron chi connectivity index (χ3n) is 5.55. The van der Waals surface area contributed by atoms with Crippen molar-refractivity contribution >= 4 is 25.7 Å². The summed E-state index contributed by atoms with van der Waals surface area (Å²) in [6.45, 7) is 5.89. The third-order valence-corrected chi connectivity index (χ3v) is 7.37. The average Bonchev–Trinajstić information content (AvgIpc) is 3.30. The summed E-state index contributed by atoms with van der Waals surface area (Å²) < 4.78 is 26.8. The lowest BCUT2D eigenvalue weighted by atomic mass is 10.0. The van der Waals surface area contributed by atoms with E-state index in [1.807, 2.05) is 26.8 Å². The summed E-state index contributed by atoms with van der Waals surface area (Å²) in [7, 11) is -3.77. The average molecular weight is 371 g/mol. The first-order valence-corrected chi connectivity index (χ1v) is 11.1. The summed E-state index contributed by atoms with van der Waals surface area (Å²) in [5, 5.41) is 9.86. The van der Waals surface area contributed by atoms with Crippen molar-refractivity contribution in [2.75, 3.05) is 0 Å². The Labute approximate surface area is 155 Å². The van der Waals surface area contributed by atoms with Gasteiger partial charge < -0.3 is 0 Å². The van der Waals surface area contributed by atoms with Gasteiger partial charge >= 0.3 is 0 Å². The van der Waals surface area contributed by atoms with E-state index in [0.717, 1.165) is 65.4 Å². The highest BCUT2D eigenvalue weighted by atomic mass is 32.2. The fourth-order valence-electron chi connectivity index (χ4n) is 4.10. The van der Waals surface area contributed by atoms with Gasteiger partial charge in [0.2, 0.25) is 9.84 Å². The van der Waals surface area contributed by atoms with Crippen LogP contribution >= 0.6 is 0 Å². The molecule has 0 aliphatic heterocycles. The number of sulfone groups is 1. The van der Waals surface area contributed by atoms with Crippen LogP contribution in [0.4, 0.5) is 0 Å². The molecule has 2 aliphatic rings. The van der Waals surface area contributed by atoms with Crippen LogP contribution in [0, 0.1) is 18.3 Å². The molecule has 1 aromatic heterocycles. The molecule has 0 amide bonds. The molecule has 0 radical (unpaired) electrons. The predicted molar refractivity (Wildman–Crippen MR) is 105 cm³/mol. The second kappa shape index (κ2) is 6.15. The molecule has 5 heteroatoms. The Morgan fingerprint density at radius 3 is 2.62 bits per heavy atom. The molecule has 26 heavy (non-hydrogen) atoms. The van der Waals surface area contributed by atoms with Crippen molar-refractivity contribution in [1.29, 1.82) is 5.41 Å². The van der Waals surface area contributed by atoms with E-state index >= 15 is 0 Å². The van der Waals surface area contributed by atoms with Crippen molar-refractivity contribution in [1.82, 2.24) is 4.98 Å². The highest BCUT2D eigenvalue weighted by Gasteiger charge is 2.32. The molecule has 2 aromatic rings. The first kappa shape index (κ1) is 17.7. The molecular weight excluding hydrogens is 344 g/mol. The van der Waals surface area contributed by atoms with Crippen LogP contribution in [0.3, 0.4) is 0 Å². The quantitative estimate of drug-likeness (QED) is 0.626. The zero-order valence-corrected chi connectivity index (χ0v) is 16.5. The molecule has 1 saturated carbocycles. The molecule has 0 spiro atoms. The zero-order chi connectivity index (χ0) is 18.6. The molecule has 0 saturated heterocycles. The van der Waals surface area contributed by atoms with E-state index in [1.54, 1.807) is 0 Å². The Balaban J connectivity index is 2.01. The van der Waals surface area contributed by atoms with E-state index in [9.17, 15) is 8.42 Å². The Hall–Kier alpha value is -1.75. The number of benzene rings is 1. The minimum atomic E-state index is -3.77. The number of hydrogen-bond acceptors (Lipinski definition) is 4. The first-order chi connectivity index (χ1) is 12.3. The number of rotatable bonds is 4. The van der Waals surface area contributed by atoms with Gasteiger partial charge in [0, 0.05) is 34.5 Å². The summed E-state index contributed by atoms with van der Waals surface area (Å²) in [6.07, 6.45) is 5.23. The summed E-state index contributed by atoms with van der Waals surface area (Å²) in [5.41, 5.74) is 3.99. The van der Waals surface area contributed by atoms with Gasteiger partial charge in [-0.25, -0.2) is 8.42 Å². The van der Waals surface area contributed by atoms with Crippen molar-refractivity contribution in [2.24, 2.45) is 5.92 Å². The maximum Gasteiger partial charge on any atom is 0.220 e. The molecule has 138 valence electrons. The summed E-state index contributed by atoms with van der Waals surface area (Å²) in [6, 6.07) is 4.13. The third kappa shape index (κ3) is 2.86. The van der Waals surface area contributed by atoms with Gasteiger partial charge in [-0.15, -0.1) is 0 Å². The minimum Gasteiger partial charge on any atom is -0.293 e. The number of aromatic nitrogens is 1. The zero-order valence-electron chi connectivity index (χ0n) is 15.7. The molecule has 1 aromatic carbocycles. The van der Waals surface area contributed by atoms with Crippen molar-refractivity contribution in [2.45, 2.75) is 70.1 Å². The molecule has 0 bridgehead atoms. The standard InChI is InChI=1S/C21H26N2O2S/c1-12(2)9-20(22)26(24,25)21-16-6-4-5-15(16)10-17-13(3)23-19(11-18(17)21)14-7-8-14/h10-12,14,22H,4-9H2,1-3H3. The highest BCUT2D eigenvalue weighted by molar-refractivity contribution is 8.06.